The number of pyridine rings is 1. The lowest BCUT2D eigenvalue weighted by Crippen LogP contribution is -2.34. The van der Waals surface area contributed by atoms with Crippen LogP contribution in [0.25, 0.3) is 0 Å². The van der Waals surface area contributed by atoms with Crippen molar-refractivity contribution in [1.29, 1.82) is 0 Å². The first kappa shape index (κ1) is 16.7. The Hall–Kier alpha value is -1.37. The topological polar surface area (TPSA) is 34.1 Å². The second-order valence-corrected chi connectivity index (χ2v) is 4.82. The van der Waals surface area contributed by atoms with Crippen LogP contribution in [0.3, 0.4) is 0 Å². The van der Waals surface area contributed by atoms with Crippen LogP contribution in [0.2, 0.25) is 0 Å². The van der Waals surface area contributed by atoms with Crippen molar-refractivity contribution in [3.05, 3.63) is 23.5 Å². The van der Waals surface area contributed by atoms with E-state index in [4.69, 9.17) is 4.74 Å². The fourth-order valence-corrected chi connectivity index (χ4v) is 1.38. The summed E-state index contributed by atoms with van der Waals surface area (Å²) in [5.74, 6) is -4.02. The van der Waals surface area contributed by atoms with Crippen LogP contribution in [-0.2, 0) is 6.54 Å². The van der Waals surface area contributed by atoms with Crippen molar-refractivity contribution in [3.8, 4) is 5.75 Å². The highest BCUT2D eigenvalue weighted by atomic mass is 19.3. The highest BCUT2D eigenvalue weighted by Gasteiger charge is 2.41. The maximum atomic E-state index is 12.9. The second kappa shape index (κ2) is 6.88. The molecule has 0 saturated heterocycles. The number of rotatable bonds is 7. The Bertz CT molecular complexity index is 438. The number of hydrogen-bond donors (Lipinski definition) is 1. The zero-order valence-corrected chi connectivity index (χ0v) is 11.6. The van der Waals surface area contributed by atoms with E-state index < -0.39 is 19.0 Å². The van der Waals surface area contributed by atoms with Crippen molar-refractivity contribution in [1.82, 2.24) is 10.3 Å². The Balaban J connectivity index is 2.79. The van der Waals surface area contributed by atoms with Crippen molar-refractivity contribution < 1.29 is 22.3 Å². The number of alkyl halides is 4. The number of nitrogens with one attached hydrogen (secondary N) is 1. The van der Waals surface area contributed by atoms with Crippen LogP contribution in [-0.4, -0.2) is 30.0 Å². The van der Waals surface area contributed by atoms with Crippen molar-refractivity contribution in [3.63, 3.8) is 0 Å². The van der Waals surface area contributed by atoms with Crippen molar-refractivity contribution in [2.75, 3.05) is 6.61 Å². The molecular formula is C13H18F4N2O. The third-order valence-corrected chi connectivity index (χ3v) is 2.52. The third-order valence-electron chi connectivity index (χ3n) is 2.52. The maximum absolute atomic E-state index is 12.9. The van der Waals surface area contributed by atoms with Gasteiger partial charge in [-0.05, 0) is 6.92 Å². The van der Waals surface area contributed by atoms with Gasteiger partial charge in [0, 0.05) is 36.1 Å². The summed E-state index contributed by atoms with van der Waals surface area (Å²) in [4.78, 5) is 4.04. The van der Waals surface area contributed by atoms with Crippen LogP contribution >= 0.6 is 0 Å². The molecule has 0 saturated carbocycles. The minimum Gasteiger partial charge on any atom is -0.487 e. The van der Waals surface area contributed by atoms with Crippen LogP contribution in [0.4, 0.5) is 17.6 Å². The highest BCUT2D eigenvalue weighted by molar-refractivity contribution is 5.33. The smallest absolute Gasteiger partial charge is 0.340 e. The molecule has 0 aliphatic rings. The van der Waals surface area contributed by atoms with Crippen molar-refractivity contribution >= 4 is 0 Å². The molecule has 3 nitrogen and oxygen atoms in total. The molecule has 0 spiro atoms. The van der Waals surface area contributed by atoms with Gasteiger partial charge in [0.1, 0.15) is 5.75 Å². The summed E-state index contributed by atoms with van der Waals surface area (Å²) in [5, 5.41) is 3.09. The molecule has 1 rings (SSSR count). The molecule has 0 radical (unpaired) electrons. The fourth-order valence-electron chi connectivity index (χ4n) is 1.38. The lowest BCUT2D eigenvalue weighted by atomic mass is 10.2. The predicted octanol–water partition coefficient (Wildman–Crippen LogP) is 3.17. The van der Waals surface area contributed by atoms with Crippen molar-refractivity contribution in [2.24, 2.45) is 0 Å². The molecule has 1 N–H and O–H groups in total. The average Bonchev–Trinajstić information content (AvgIpc) is 2.34. The summed E-state index contributed by atoms with van der Waals surface area (Å²) >= 11 is 0. The molecule has 7 heteroatoms. The maximum Gasteiger partial charge on any atom is 0.340 e. The van der Waals surface area contributed by atoms with Crippen LogP contribution < -0.4 is 10.1 Å². The molecule has 0 aliphatic heterocycles. The minimum absolute atomic E-state index is 0.144. The van der Waals surface area contributed by atoms with Gasteiger partial charge in [-0.2, -0.15) is 8.78 Å². The number of nitrogens with zero attached hydrogens (tertiary/aromatic N) is 1. The van der Waals surface area contributed by atoms with Crippen LogP contribution in [0.1, 0.15) is 25.1 Å². The molecule has 114 valence electrons. The summed E-state index contributed by atoms with van der Waals surface area (Å²) < 4.78 is 54.8. The van der Waals surface area contributed by atoms with Gasteiger partial charge in [0.15, 0.2) is 6.61 Å². The number of aromatic nitrogens is 1. The third kappa shape index (κ3) is 4.96. The SMILES string of the molecule is Cc1cc(OCC(F)(F)C(F)F)c(CNC(C)C)cn1. The molecule has 1 aromatic heterocycles. The van der Waals surface area contributed by atoms with Crippen LogP contribution in [0.5, 0.6) is 5.75 Å². The summed E-state index contributed by atoms with van der Waals surface area (Å²) in [6, 6.07) is 1.64. The van der Waals surface area contributed by atoms with E-state index in [9.17, 15) is 17.6 Å². The van der Waals surface area contributed by atoms with Gasteiger partial charge in [0.2, 0.25) is 0 Å². The number of hydrogen-bond acceptors (Lipinski definition) is 3. The molecular weight excluding hydrogens is 276 g/mol. The first-order valence-electron chi connectivity index (χ1n) is 6.20. The van der Waals surface area contributed by atoms with Gasteiger partial charge >= 0.3 is 12.3 Å². The molecule has 0 aromatic carbocycles. The second-order valence-electron chi connectivity index (χ2n) is 4.82. The normalized spacial score (nSPS) is 12.2. The van der Waals surface area contributed by atoms with E-state index in [0.29, 0.717) is 17.8 Å². The molecule has 1 aromatic rings. The largest absolute Gasteiger partial charge is 0.487 e. The summed E-state index contributed by atoms with van der Waals surface area (Å²) in [7, 11) is 0. The van der Waals surface area contributed by atoms with Gasteiger partial charge < -0.3 is 10.1 Å². The van der Waals surface area contributed by atoms with E-state index in [1.54, 1.807) is 6.92 Å². The quantitative estimate of drug-likeness (QED) is 0.784. The zero-order valence-electron chi connectivity index (χ0n) is 11.6. The highest BCUT2D eigenvalue weighted by Crippen LogP contribution is 2.26. The van der Waals surface area contributed by atoms with Gasteiger partial charge in [0.05, 0.1) is 0 Å². The van der Waals surface area contributed by atoms with Crippen LogP contribution in [0.15, 0.2) is 12.3 Å². The van der Waals surface area contributed by atoms with Gasteiger partial charge in [0.25, 0.3) is 0 Å². The Labute approximate surface area is 115 Å². The van der Waals surface area contributed by atoms with E-state index in [1.807, 2.05) is 13.8 Å². The van der Waals surface area contributed by atoms with E-state index in [-0.39, 0.29) is 11.8 Å². The van der Waals surface area contributed by atoms with E-state index in [0.717, 1.165) is 0 Å². The van der Waals surface area contributed by atoms with Crippen LogP contribution in [0, 0.1) is 6.92 Å². The molecule has 0 amide bonds. The number of halogens is 4. The van der Waals surface area contributed by atoms with Gasteiger partial charge in [-0.3, -0.25) is 4.98 Å². The molecule has 0 unspecified atom stereocenters. The van der Waals surface area contributed by atoms with Gasteiger partial charge in [-0.15, -0.1) is 0 Å². The Morgan fingerprint density at radius 2 is 2.00 bits per heavy atom. The zero-order chi connectivity index (χ0) is 15.3. The lowest BCUT2D eigenvalue weighted by molar-refractivity contribution is -0.148. The summed E-state index contributed by atoms with van der Waals surface area (Å²) in [6.45, 7) is 4.52. The standard InChI is InChI=1S/C13H18F4N2O/c1-8(2)18-5-10-6-19-9(3)4-11(10)20-7-13(16,17)12(14)15/h4,6,8,12,18H,5,7H2,1-3H3. The molecule has 1 heterocycles. The Kier molecular flexibility index (Phi) is 5.74. The molecule has 0 aliphatic carbocycles. The van der Waals surface area contributed by atoms with Gasteiger partial charge in [-0.25, -0.2) is 8.78 Å². The Morgan fingerprint density at radius 1 is 1.35 bits per heavy atom. The van der Waals surface area contributed by atoms with E-state index in [2.05, 4.69) is 10.3 Å². The summed E-state index contributed by atoms with van der Waals surface area (Å²) in [5.41, 5.74) is 1.11. The Morgan fingerprint density at radius 3 is 2.55 bits per heavy atom. The van der Waals surface area contributed by atoms with E-state index >= 15 is 0 Å². The number of aryl methyl sites for hydroxylation is 1. The average molecular weight is 294 g/mol. The van der Waals surface area contributed by atoms with E-state index in [1.165, 1.54) is 12.3 Å². The molecule has 0 atom stereocenters. The summed E-state index contributed by atoms with van der Waals surface area (Å²) in [6.07, 6.45) is -2.26. The predicted molar refractivity (Wildman–Crippen MR) is 67.4 cm³/mol. The molecule has 0 fully saturated rings. The van der Waals surface area contributed by atoms with Crippen molar-refractivity contribution in [2.45, 2.75) is 45.7 Å². The first-order valence-corrected chi connectivity index (χ1v) is 6.20. The molecule has 20 heavy (non-hydrogen) atoms. The number of ether oxygens (including phenoxy) is 1. The minimum atomic E-state index is -4.17. The first-order chi connectivity index (χ1) is 9.22. The fraction of sp³-hybridized carbons (Fsp3) is 0.615. The monoisotopic (exact) mass is 294 g/mol. The lowest BCUT2D eigenvalue weighted by Gasteiger charge is -2.18. The van der Waals surface area contributed by atoms with Gasteiger partial charge in [-0.1, -0.05) is 13.8 Å². The molecule has 0 bridgehead atoms.